The molecule has 7 nitrogen and oxygen atoms in total. The topological polar surface area (TPSA) is 93.1 Å². The second kappa shape index (κ2) is 12.2. The molecule has 1 aliphatic heterocycles. The molecule has 0 aromatic heterocycles. The van der Waals surface area contributed by atoms with E-state index in [9.17, 15) is 18.8 Å². The van der Waals surface area contributed by atoms with Crippen LogP contribution in [-0.4, -0.2) is 47.1 Å². The molecule has 37 heavy (non-hydrogen) atoms. The van der Waals surface area contributed by atoms with E-state index in [1.54, 1.807) is 17.0 Å². The number of halogens is 1. The van der Waals surface area contributed by atoms with Crippen LogP contribution in [0.2, 0.25) is 0 Å². The van der Waals surface area contributed by atoms with Crippen LogP contribution in [0.15, 0.2) is 36.4 Å². The Kier molecular flexibility index (Phi) is 8.79. The largest absolute Gasteiger partial charge is 0.494 e. The van der Waals surface area contributed by atoms with Crippen molar-refractivity contribution in [1.29, 1.82) is 0 Å². The number of fused-ring (bicyclic) bond motifs is 1. The van der Waals surface area contributed by atoms with Crippen LogP contribution in [0.1, 0.15) is 61.3 Å². The number of hydrogen-bond acceptors (Lipinski definition) is 5. The number of ether oxygens (including phenoxy) is 2. The molecule has 1 aliphatic carbocycles. The van der Waals surface area contributed by atoms with Gasteiger partial charge >= 0.3 is 12.1 Å². The van der Waals surface area contributed by atoms with Crippen molar-refractivity contribution in [3.63, 3.8) is 0 Å². The molecule has 198 valence electrons. The molecule has 0 spiro atoms. The van der Waals surface area contributed by atoms with Gasteiger partial charge in [-0.3, -0.25) is 9.59 Å². The van der Waals surface area contributed by atoms with Crippen molar-refractivity contribution in [2.75, 3.05) is 13.2 Å². The highest BCUT2D eigenvalue weighted by molar-refractivity contribution is 5.83. The summed E-state index contributed by atoms with van der Waals surface area (Å²) in [6.45, 7) is 3.31. The Balaban J connectivity index is 1.28. The fourth-order valence-electron chi connectivity index (χ4n) is 5.24. The summed E-state index contributed by atoms with van der Waals surface area (Å²) in [6, 6.07) is 10.3. The van der Waals surface area contributed by atoms with Crippen LogP contribution >= 0.6 is 0 Å². The summed E-state index contributed by atoms with van der Waals surface area (Å²) in [7, 11) is 0. The Labute approximate surface area is 216 Å². The quantitative estimate of drug-likeness (QED) is 0.503. The van der Waals surface area contributed by atoms with Crippen molar-refractivity contribution in [2.45, 2.75) is 70.9 Å². The number of benzene rings is 2. The first-order valence-electron chi connectivity index (χ1n) is 13.0. The molecule has 2 aromatic rings. The monoisotopic (exact) mass is 511 g/mol. The smallest absolute Gasteiger partial charge is 0.410 e. The molecule has 4 rings (SSSR count). The average Bonchev–Trinajstić information content (AvgIpc) is 2.86. The molecular weight excluding hydrogens is 477 g/mol. The summed E-state index contributed by atoms with van der Waals surface area (Å²) in [5.41, 5.74) is 3.34. The fraction of sp³-hybridized carbons (Fsp3) is 0.483. The lowest BCUT2D eigenvalue weighted by Gasteiger charge is -2.32. The van der Waals surface area contributed by atoms with Crippen LogP contribution in [0.3, 0.4) is 0 Å². The number of carbonyl (C=O) groups excluding carboxylic acids is 2. The number of aliphatic carboxylic acids is 1. The van der Waals surface area contributed by atoms with E-state index in [1.807, 2.05) is 25.1 Å². The molecular formula is C29H34FNO6. The van der Waals surface area contributed by atoms with E-state index >= 15 is 0 Å². The van der Waals surface area contributed by atoms with E-state index in [1.165, 1.54) is 6.07 Å². The lowest BCUT2D eigenvalue weighted by atomic mass is 9.85. The highest BCUT2D eigenvalue weighted by Crippen LogP contribution is 2.30. The molecule has 1 heterocycles. The molecule has 0 bridgehead atoms. The van der Waals surface area contributed by atoms with Gasteiger partial charge in [-0.15, -0.1) is 0 Å². The number of Topliss-reactive ketones (excluding diaryl/α,β-unsaturated/α-hetero) is 1. The number of ketones is 1. The lowest BCUT2D eigenvalue weighted by molar-refractivity contribution is -0.138. The van der Waals surface area contributed by atoms with Gasteiger partial charge in [-0.1, -0.05) is 18.2 Å². The fourth-order valence-corrected chi connectivity index (χ4v) is 5.24. The zero-order valence-electron chi connectivity index (χ0n) is 21.2. The van der Waals surface area contributed by atoms with Crippen molar-refractivity contribution >= 4 is 17.8 Å². The van der Waals surface area contributed by atoms with E-state index < -0.39 is 11.8 Å². The van der Waals surface area contributed by atoms with Gasteiger partial charge in [0.15, 0.2) is 0 Å². The van der Waals surface area contributed by atoms with E-state index in [2.05, 4.69) is 0 Å². The third-order valence-electron chi connectivity index (χ3n) is 7.18. The molecule has 0 radical (unpaired) electrons. The molecule has 1 N–H and O–H groups in total. The number of carboxylic acids is 1. The molecule has 1 fully saturated rings. The van der Waals surface area contributed by atoms with Gasteiger partial charge in [0.05, 0.1) is 6.61 Å². The minimum absolute atomic E-state index is 0.00166. The maximum atomic E-state index is 14.2. The summed E-state index contributed by atoms with van der Waals surface area (Å²) in [6.07, 6.45) is 3.49. The van der Waals surface area contributed by atoms with Crippen LogP contribution in [0.4, 0.5) is 9.18 Å². The van der Waals surface area contributed by atoms with Gasteiger partial charge in [-0.25, -0.2) is 9.18 Å². The summed E-state index contributed by atoms with van der Waals surface area (Å²) in [5.74, 6) is -0.556. The molecule has 1 amide bonds. The Morgan fingerprint density at radius 3 is 2.54 bits per heavy atom. The first-order valence-corrected chi connectivity index (χ1v) is 13.0. The van der Waals surface area contributed by atoms with Crippen molar-refractivity contribution in [3.05, 3.63) is 64.5 Å². The summed E-state index contributed by atoms with van der Waals surface area (Å²) in [5, 5.41) is 8.96. The Morgan fingerprint density at radius 2 is 1.81 bits per heavy atom. The first kappa shape index (κ1) is 26.6. The average molecular weight is 512 g/mol. The lowest BCUT2D eigenvalue weighted by Crippen LogP contribution is -2.39. The summed E-state index contributed by atoms with van der Waals surface area (Å²) >= 11 is 0. The minimum atomic E-state index is -0.777. The number of nitrogens with zero attached hydrogens (tertiary/aromatic N) is 1. The highest BCUT2D eigenvalue weighted by Gasteiger charge is 2.28. The maximum Gasteiger partial charge on any atom is 0.410 e. The Morgan fingerprint density at radius 1 is 1.03 bits per heavy atom. The summed E-state index contributed by atoms with van der Waals surface area (Å²) < 4.78 is 25.3. The predicted octanol–water partition coefficient (Wildman–Crippen LogP) is 5.11. The third kappa shape index (κ3) is 7.31. The molecule has 0 atom stereocenters. The SMILES string of the molecule is CCOc1ccc(F)c(CC(=O)Cc2ccc3c(c2)CCN(C(=O)OC2CCC(CC(=O)O)CC2)C3)c1. The van der Waals surface area contributed by atoms with Crippen LogP contribution < -0.4 is 4.74 Å². The maximum absolute atomic E-state index is 14.2. The standard InChI is InChI=1S/C29H34FNO6/c1-2-36-26-9-10-27(30)23(17-26)16-24(32)14-20-3-6-22-18-31(12-11-21(22)13-20)29(35)37-25-7-4-19(5-8-25)15-28(33)34/h3,6,9-10,13,17,19,25H,2,4-5,7-8,11-12,14-16,18H2,1H3,(H,33,34). The highest BCUT2D eigenvalue weighted by atomic mass is 19.1. The molecule has 0 saturated heterocycles. The predicted molar refractivity (Wildman–Crippen MR) is 135 cm³/mol. The second-order valence-electron chi connectivity index (χ2n) is 9.98. The van der Waals surface area contributed by atoms with Gasteiger partial charge in [0.25, 0.3) is 0 Å². The number of hydrogen-bond donors (Lipinski definition) is 1. The normalized spacial score (nSPS) is 19.1. The van der Waals surface area contributed by atoms with Gasteiger partial charge in [0.2, 0.25) is 0 Å². The second-order valence-corrected chi connectivity index (χ2v) is 9.98. The van der Waals surface area contributed by atoms with E-state index in [4.69, 9.17) is 14.6 Å². The number of amides is 1. The van der Waals surface area contributed by atoms with Gasteiger partial charge in [-0.2, -0.15) is 0 Å². The van der Waals surface area contributed by atoms with Crippen molar-refractivity contribution in [3.8, 4) is 5.75 Å². The third-order valence-corrected chi connectivity index (χ3v) is 7.18. The van der Waals surface area contributed by atoms with Gasteiger partial charge in [0.1, 0.15) is 23.5 Å². The van der Waals surface area contributed by atoms with Crippen LogP contribution in [0.25, 0.3) is 0 Å². The first-order chi connectivity index (χ1) is 17.8. The van der Waals surface area contributed by atoms with Crippen molar-refractivity contribution in [1.82, 2.24) is 4.90 Å². The zero-order chi connectivity index (χ0) is 26.4. The summed E-state index contributed by atoms with van der Waals surface area (Å²) in [4.78, 5) is 38.0. The van der Waals surface area contributed by atoms with E-state index in [0.717, 1.165) is 29.5 Å². The molecule has 8 heteroatoms. The number of carboxylic acid groups (broad SMARTS) is 1. The van der Waals surface area contributed by atoms with Crippen molar-refractivity contribution in [2.24, 2.45) is 5.92 Å². The number of carbonyl (C=O) groups is 3. The molecule has 2 aromatic carbocycles. The van der Waals surface area contributed by atoms with Crippen LogP contribution in [-0.2, 0) is 40.1 Å². The van der Waals surface area contributed by atoms with Crippen LogP contribution in [0.5, 0.6) is 5.75 Å². The minimum Gasteiger partial charge on any atom is -0.494 e. The van der Waals surface area contributed by atoms with Gasteiger partial charge < -0.3 is 19.5 Å². The zero-order valence-corrected chi connectivity index (χ0v) is 21.2. The number of rotatable bonds is 9. The Hall–Kier alpha value is -3.42. The van der Waals surface area contributed by atoms with Crippen LogP contribution in [0, 0.1) is 11.7 Å². The molecule has 0 unspecified atom stereocenters. The van der Waals surface area contributed by atoms with Gasteiger partial charge in [0, 0.05) is 32.4 Å². The van der Waals surface area contributed by atoms with E-state index in [-0.39, 0.29) is 43.2 Å². The molecule has 1 saturated carbocycles. The van der Waals surface area contributed by atoms with Crippen molar-refractivity contribution < 1.29 is 33.4 Å². The Bertz CT molecular complexity index is 1140. The molecule has 2 aliphatic rings. The van der Waals surface area contributed by atoms with E-state index in [0.29, 0.717) is 50.3 Å². The van der Waals surface area contributed by atoms with Gasteiger partial charge in [-0.05, 0) is 85.4 Å².